The van der Waals surface area contributed by atoms with Gasteiger partial charge in [0.15, 0.2) is 11.5 Å². The highest BCUT2D eigenvalue weighted by Gasteiger charge is 2.41. The first-order valence-corrected chi connectivity index (χ1v) is 6.31. The molecule has 5 nitrogen and oxygen atoms in total. The molecule has 88 valence electrons. The molecular formula is C12H15N5. The molecule has 5 heteroatoms. The zero-order valence-electron chi connectivity index (χ0n) is 9.58. The number of fused-ring (bicyclic) bond motifs is 2. The predicted molar refractivity (Wildman–Crippen MR) is 62.4 cm³/mol. The highest BCUT2D eigenvalue weighted by Crippen LogP contribution is 2.43. The van der Waals surface area contributed by atoms with Gasteiger partial charge in [-0.05, 0) is 31.2 Å². The minimum absolute atomic E-state index is 0.375. The van der Waals surface area contributed by atoms with Crippen LogP contribution in [0.2, 0.25) is 0 Å². The number of nitrogens with one attached hydrogen (secondary N) is 1. The first kappa shape index (κ1) is 9.53. The monoisotopic (exact) mass is 229 g/mol. The summed E-state index contributed by atoms with van der Waals surface area (Å²) in [5.41, 5.74) is 0.839. The Morgan fingerprint density at radius 2 is 2.29 bits per heavy atom. The van der Waals surface area contributed by atoms with E-state index in [1.807, 2.05) is 6.20 Å². The molecule has 1 N–H and O–H groups in total. The van der Waals surface area contributed by atoms with Crippen molar-refractivity contribution < 1.29 is 0 Å². The zero-order valence-corrected chi connectivity index (χ0v) is 9.58. The van der Waals surface area contributed by atoms with Crippen LogP contribution in [0.4, 0.5) is 0 Å². The summed E-state index contributed by atoms with van der Waals surface area (Å²) >= 11 is 0. The van der Waals surface area contributed by atoms with Gasteiger partial charge in [-0.3, -0.25) is 9.38 Å². The van der Waals surface area contributed by atoms with Gasteiger partial charge in [0, 0.05) is 12.4 Å². The van der Waals surface area contributed by atoms with Gasteiger partial charge in [-0.2, -0.15) is 0 Å². The van der Waals surface area contributed by atoms with Gasteiger partial charge in [-0.1, -0.05) is 6.42 Å². The molecular weight excluding hydrogens is 214 g/mol. The lowest BCUT2D eigenvalue weighted by Gasteiger charge is -2.16. The Morgan fingerprint density at radius 3 is 3.29 bits per heavy atom. The largest absolute Gasteiger partial charge is 0.307 e. The van der Waals surface area contributed by atoms with Gasteiger partial charge in [0.25, 0.3) is 0 Å². The minimum Gasteiger partial charge on any atom is -0.307 e. The van der Waals surface area contributed by atoms with Gasteiger partial charge < -0.3 is 5.32 Å². The van der Waals surface area contributed by atoms with E-state index in [9.17, 15) is 0 Å². The third-order valence-corrected chi connectivity index (χ3v) is 4.26. The molecule has 0 radical (unpaired) electrons. The standard InChI is InChI=1S/C12H15N5/c1-2-8-6-14-11(9(8)3-1)12-16-15-10-7-13-4-5-17(10)12/h4-5,7-9,11,14H,1-3,6H2. The Hall–Kier alpha value is -1.49. The van der Waals surface area contributed by atoms with E-state index in [0.717, 1.165) is 29.9 Å². The molecule has 17 heavy (non-hydrogen) atoms. The van der Waals surface area contributed by atoms with Crippen LogP contribution in [0.1, 0.15) is 31.1 Å². The SMILES string of the molecule is c1cn2c(C3NCC4CCCC43)nnc2cn1. The van der Waals surface area contributed by atoms with Crippen molar-refractivity contribution in [2.24, 2.45) is 11.8 Å². The van der Waals surface area contributed by atoms with Crippen molar-refractivity contribution in [2.75, 3.05) is 6.54 Å². The van der Waals surface area contributed by atoms with Crippen LogP contribution in [0.3, 0.4) is 0 Å². The van der Waals surface area contributed by atoms with Crippen LogP contribution in [-0.2, 0) is 0 Å². The summed E-state index contributed by atoms with van der Waals surface area (Å²) in [7, 11) is 0. The molecule has 2 fully saturated rings. The highest BCUT2D eigenvalue weighted by atomic mass is 15.3. The Morgan fingerprint density at radius 1 is 1.29 bits per heavy atom. The highest BCUT2D eigenvalue weighted by molar-refractivity contribution is 5.34. The number of rotatable bonds is 1. The Labute approximate surface area is 99.3 Å². The normalized spacial score (nSPS) is 32.1. The molecule has 2 aromatic rings. The number of nitrogens with zero attached hydrogens (tertiary/aromatic N) is 4. The summed E-state index contributed by atoms with van der Waals surface area (Å²) in [6.45, 7) is 1.13. The van der Waals surface area contributed by atoms with Crippen LogP contribution in [0.5, 0.6) is 0 Å². The van der Waals surface area contributed by atoms with Crippen LogP contribution in [0, 0.1) is 11.8 Å². The molecule has 0 aromatic carbocycles. The molecule has 1 saturated heterocycles. The van der Waals surface area contributed by atoms with Crippen molar-refractivity contribution in [1.29, 1.82) is 0 Å². The van der Waals surface area contributed by atoms with Crippen molar-refractivity contribution >= 4 is 5.65 Å². The molecule has 3 atom stereocenters. The molecule has 3 heterocycles. The van der Waals surface area contributed by atoms with E-state index in [-0.39, 0.29) is 0 Å². The average Bonchev–Trinajstić information content (AvgIpc) is 3.02. The Kier molecular flexibility index (Phi) is 1.96. The Bertz CT molecular complexity index is 549. The third-order valence-electron chi connectivity index (χ3n) is 4.26. The second-order valence-corrected chi connectivity index (χ2v) is 5.10. The molecule has 1 aliphatic heterocycles. The van der Waals surface area contributed by atoms with E-state index < -0.39 is 0 Å². The van der Waals surface area contributed by atoms with Gasteiger partial charge in [-0.25, -0.2) is 0 Å². The smallest absolute Gasteiger partial charge is 0.179 e. The van der Waals surface area contributed by atoms with E-state index >= 15 is 0 Å². The van der Waals surface area contributed by atoms with Crippen molar-refractivity contribution in [3.05, 3.63) is 24.4 Å². The van der Waals surface area contributed by atoms with Gasteiger partial charge in [-0.15, -0.1) is 10.2 Å². The minimum atomic E-state index is 0.375. The molecule has 2 aliphatic rings. The van der Waals surface area contributed by atoms with Crippen molar-refractivity contribution in [1.82, 2.24) is 24.9 Å². The summed E-state index contributed by atoms with van der Waals surface area (Å²) < 4.78 is 2.06. The maximum Gasteiger partial charge on any atom is 0.179 e. The summed E-state index contributed by atoms with van der Waals surface area (Å²) in [5.74, 6) is 2.64. The quantitative estimate of drug-likeness (QED) is 0.798. The molecule has 1 aliphatic carbocycles. The van der Waals surface area contributed by atoms with E-state index in [2.05, 4.69) is 24.9 Å². The maximum atomic E-state index is 4.35. The second kappa shape index (κ2) is 3.50. The molecule has 1 saturated carbocycles. The fourth-order valence-electron chi connectivity index (χ4n) is 3.45. The van der Waals surface area contributed by atoms with Gasteiger partial charge >= 0.3 is 0 Å². The Balaban J connectivity index is 1.79. The summed E-state index contributed by atoms with van der Waals surface area (Å²) in [5, 5.41) is 12.1. The van der Waals surface area contributed by atoms with Crippen LogP contribution in [-0.4, -0.2) is 26.1 Å². The van der Waals surface area contributed by atoms with Crippen LogP contribution in [0.15, 0.2) is 18.6 Å². The number of hydrogen-bond acceptors (Lipinski definition) is 4. The lowest BCUT2D eigenvalue weighted by molar-refractivity contribution is 0.405. The topological polar surface area (TPSA) is 55.1 Å². The molecule has 4 rings (SSSR count). The fraction of sp³-hybridized carbons (Fsp3) is 0.583. The van der Waals surface area contributed by atoms with E-state index in [1.165, 1.54) is 19.3 Å². The number of hydrogen-bond donors (Lipinski definition) is 1. The van der Waals surface area contributed by atoms with Crippen LogP contribution in [0.25, 0.3) is 5.65 Å². The van der Waals surface area contributed by atoms with Crippen molar-refractivity contribution in [3.8, 4) is 0 Å². The van der Waals surface area contributed by atoms with Crippen molar-refractivity contribution in [2.45, 2.75) is 25.3 Å². The maximum absolute atomic E-state index is 4.35. The summed E-state index contributed by atoms with van der Waals surface area (Å²) in [6, 6.07) is 0.375. The lowest BCUT2D eigenvalue weighted by Crippen LogP contribution is -2.20. The molecule has 0 bridgehead atoms. The molecule has 0 amide bonds. The van der Waals surface area contributed by atoms with Crippen molar-refractivity contribution in [3.63, 3.8) is 0 Å². The first-order valence-electron chi connectivity index (χ1n) is 6.31. The zero-order chi connectivity index (χ0) is 11.2. The van der Waals surface area contributed by atoms with Gasteiger partial charge in [0.2, 0.25) is 0 Å². The third kappa shape index (κ3) is 1.32. The molecule has 2 aromatic heterocycles. The lowest BCUT2D eigenvalue weighted by atomic mass is 9.94. The predicted octanol–water partition coefficient (Wildman–Crippen LogP) is 1.18. The van der Waals surface area contributed by atoms with E-state index in [1.54, 1.807) is 12.4 Å². The summed E-state index contributed by atoms with van der Waals surface area (Å²) in [6.07, 6.45) is 9.56. The first-order chi connectivity index (χ1) is 8.43. The summed E-state index contributed by atoms with van der Waals surface area (Å²) in [4.78, 5) is 4.08. The molecule has 3 unspecified atom stereocenters. The average molecular weight is 229 g/mol. The van der Waals surface area contributed by atoms with Gasteiger partial charge in [0.1, 0.15) is 0 Å². The van der Waals surface area contributed by atoms with E-state index in [0.29, 0.717) is 6.04 Å². The van der Waals surface area contributed by atoms with E-state index in [4.69, 9.17) is 0 Å². The number of aromatic nitrogens is 4. The molecule has 0 spiro atoms. The van der Waals surface area contributed by atoms with Crippen LogP contribution >= 0.6 is 0 Å². The fourth-order valence-corrected chi connectivity index (χ4v) is 3.45. The van der Waals surface area contributed by atoms with Crippen LogP contribution < -0.4 is 5.32 Å². The second-order valence-electron chi connectivity index (χ2n) is 5.10. The van der Waals surface area contributed by atoms with Gasteiger partial charge in [0.05, 0.1) is 12.2 Å².